The van der Waals surface area contributed by atoms with Gasteiger partial charge in [-0.25, -0.2) is 4.79 Å². The molecule has 228 valence electrons. The first-order valence-corrected chi connectivity index (χ1v) is 15.6. The van der Waals surface area contributed by atoms with Crippen LogP contribution in [0.1, 0.15) is 97.9 Å². The number of anilines is 1. The number of hydrogen-bond acceptors (Lipinski definition) is 9. The Balaban J connectivity index is 1.47. The highest BCUT2D eigenvalue weighted by Crippen LogP contribution is 2.31. The van der Waals surface area contributed by atoms with Gasteiger partial charge in [-0.2, -0.15) is 0 Å². The second-order valence-corrected chi connectivity index (χ2v) is 12.0. The van der Waals surface area contributed by atoms with E-state index in [1.165, 1.54) is 11.3 Å². The lowest BCUT2D eigenvalue weighted by Gasteiger charge is -2.25. The van der Waals surface area contributed by atoms with E-state index in [9.17, 15) is 35.1 Å². The van der Waals surface area contributed by atoms with Gasteiger partial charge in [-0.1, -0.05) is 45.2 Å². The number of nitrogens with zero attached hydrogens (tertiary/aromatic N) is 1. The average Bonchev–Trinajstić information content (AvgIpc) is 3.61. The van der Waals surface area contributed by atoms with Gasteiger partial charge < -0.3 is 35.2 Å². The minimum absolute atomic E-state index is 0.0988. The van der Waals surface area contributed by atoms with Gasteiger partial charge in [0.1, 0.15) is 29.8 Å². The highest BCUT2D eigenvalue weighted by Gasteiger charge is 2.32. The first-order chi connectivity index (χ1) is 19.7. The third kappa shape index (κ3) is 9.33. The molecular weight excluding hydrogens is 546 g/mol. The maximum atomic E-state index is 12.7. The summed E-state index contributed by atoms with van der Waals surface area (Å²) in [5, 5.41) is 49.9. The topological polar surface area (TPSA) is 148 Å². The predicted octanol–water partition coefficient (Wildman–Crippen LogP) is 3.89. The summed E-state index contributed by atoms with van der Waals surface area (Å²) in [6.45, 7) is 3.26. The number of aliphatic hydroxyl groups excluding tert-OH is 5. The number of unbranched alkanes of at least 4 members (excludes halogenated alkanes) is 2. The SMILES string of the molecule is CCCCC[C@H](O)c1ccc(N2C(=O)CC[C@@H]2CCCc2ccc(C(=O)OC[C@H](O)[C@@H](O)[C@H](O)[C@@H](O)CC)s2)cc1. The maximum Gasteiger partial charge on any atom is 0.348 e. The van der Waals surface area contributed by atoms with E-state index in [1.807, 2.05) is 35.2 Å². The zero-order valence-electron chi connectivity index (χ0n) is 24.0. The van der Waals surface area contributed by atoms with Gasteiger partial charge in [-0.3, -0.25) is 4.79 Å². The van der Waals surface area contributed by atoms with E-state index in [0.717, 1.165) is 67.5 Å². The van der Waals surface area contributed by atoms with Crippen molar-refractivity contribution >= 4 is 28.9 Å². The van der Waals surface area contributed by atoms with E-state index >= 15 is 0 Å². The molecule has 1 aromatic heterocycles. The molecule has 2 aromatic rings. The number of thiophene rings is 1. The lowest BCUT2D eigenvalue weighted by molar-refractivity contribution is -0.117. The molecule has 5 N–H and O–H groups in total. The maximum absolute atomic E-state index is 12.7. The summed E-state index contributed by atoms with van der Waals surface area (Å²) in [6.07, 6.45) is 1.44. The zero-order chi connectivity index (χ0) is 29.9. The number of esters is 1. The van der Waals surface area contributed by atoms with Gasteiger partial charge in [0, 0.05) is 23.0 Å². The van der Waals surface area contributed by atoms with Crippen molar-refractivity contribution in [1.29, 1.82) is 0 Å². The third-order valence-electron chi connectivity index (χ3n) is 7.73. The number of rotatable bonds is 17. The monoisotopic (exact) mass is 591 g/mol. The van der Waals surface area contributed by atoms with Gasteiger partial charge in [0.2, 0.25) is 5.91 Å². The fourth-order valence-corrected chi connectivity index (χ4v) is 6.09. The number of hydrogen-bond donors (Lipinski definition) is 5. The highest BCUT2D eigenvalue weighted by atomic mass is 32.1. The van der Waals surface area contributed by atoms with Crippen molar-refractivity contribution < 1.29 is 39.9 Å². The van der Waals surface area contributed by atoms with E-state index in [1.54, 1.807) is 13.0 Å². The van der Waals surface area contributed by atoms with Gasteiger partial charge in [-0.05, 0) is 68.4 Å². The highest BCUT2D eigenvalue weighted by molar-refractivity contribution is 7.13. The summed E-state index contributed by atoms with van der Waals surface area (Å²) >= 11 is 1.29. The molecule has 3 rings (SSSR count). The molecule has 6 atom stereocenters. The number of aliphatic hydroxyl groups is 5. The van der Waals surface area contributed by atoms with Crippen LogP contribution in [-0.2, 0) is 16.0 Å². The Bertz CT molecular complexity index is 1090. The molecule has 1 aliphatic rings. The Morgan fingerprint density at radius 2 is 1.68 bits per heavy atom. The summed E-state index contributed by atoms with van der Waals surface area (Å²) in [5.41, 5.74) is 1.73. The molecule has 9 nitrogen and oxygen atoms in total. The molecule has 1 aromatic carbocycles. The molecule has 0 spiro atoms. The molecule has 0 bridgehead atoms. The van der Waals surface area contributed by atoms with Crippen LogP contribution < -0.4 is 4.90 Å². The minimum atomic E-state index is -1.64. The van der Waals surface area contributed by atoms with Gasteiger partial charge >= 0.3 is 5.97 Å². The van der Waals surface area contributed by atoms with Crippen LogP contribution in [-0.4, -0.2) is 74.5 Å². The van der Waals surface area contributed by atoms with Crippen molar-refractivity contribution in [3.05, 3.63) is 51.7 Å². The first-order valence-electron chi connectivity index (χ1n) is 14.7. The molecule has 10 heteroatoms. The fourth-order valence-electron chi connectivity index (χ4n) is 5.14. The van der Waals surface area contributed by atoms with E-state index in [2.05, 4.69) is 6.92 Å². The second-order valence-electron chi connectivity index (χ2n) is 10.8. The molecule has 0 saturated carbocycles. The number of amides is 1. The zero-order valence-corrected chi connectivity index (χ0v) is 24.8. The molecule has 1 saturated heterocycles. The molecule has 0 aliphatic carbocycles. The molecule has 41 heavy (non-hydrogen) atoms. The third-order valence-corrected chi connectivity index (χ3v) is 8.85. The first kappa shape index (κ1) is 33.2. The Morgan fingerprint density at radius 3 is 2.37 bits per heavy atom. The quantitative estimate of drug-likeness (QED) is 0.138. The number of carbonyl (C=O) groups excluding carboxylic acids is 2. The number of aryl methyl sites for hydroxylation is 1. The number of benzene rings is 1. The Labute approximate surface area is 246 Å². The average molecular weight is 592 g/mol. The van der Waals surface area contributed by atoms with Crippen molar-refractivity contribution in [2.75, 3.05) is 11.5 Å². The molecule has 1 amide bonds. The van der Waals surface area contributed by atoms with Gasteiger partial charge in [0.15, 0.2) is 0 Å². The molecular formula is C31H45NO8S. The van der Waals surface area contributed by atoms with E-state index in [0.29, 0.717) is 11.3 Å². The van der Waals surface area contributed by atoms with Gasteiger partial charge in [0.25, 0.3) is 0 Å². The van der Waals surface area contributed by atoms with Crippen LogP contribution in [0.3, 0.4) is 0 Å². The minimum Gasteiger partial charge on any atom is -0.459 e. The summed E-state index contributed by atoms with van der Waals surface area (Å²) < 4.78 is 5.10. The predicted molar refractivity (Wildman–Crippen MR) is 158 cm³/mol. The van der Waals surface area contributed by atoms with Crippen molar-refractivity contribution in [2.24, 2.45) is 0 Å². The van der Waals surface area contributed by atoms with Crippen LogP contribution in [0.5, 0.6) is 0 Å². The lowest BCUT2D eigenvalue weighted by Crippen LogP contribution is -2.46. The van der Waals surface area contributed by atoms with Crippen molar-refractivity contribution in [2.45, 2.75) is 115 Å². The Hall–Kier alpha value is -2.34. The van der Waals surface area contributed by atoms with Gasteiger partial charge in [-0.15, -0.1) is 11.3 Å². The molecule has 1 fully saturated rings. The summed E-state index contributed by atoms with van der Waals surface area (Å²) in [5.74, 6) is -0.527. The molecule has 1 aliphatic heterocycles. The second kappa shape index (κ2) is 16.3. The van der Waals surface area contributed by atoms with E-state index in [-0.39, 0.29) is 18.4 Å². The largest absolute Gasteiger partial charge is 0.459 e. The van der Waals surface area contributed by atoms with Crippen molar-refractivity contribution in [3.8, 4) is 0 Å². The summed E-state index contributed by atoms with van der Waals surface area (Å²) in [4.78, 5) is 28.4. The van der Waals surface area contributed by atoms with Crippen LogP contribution in [0.15, 0.2) is 36.4 Å². The van der Waals surface area contributed by atoms with Crippen molar-refractivity contribution in [1.82, 2.24) is 0 Å². The Kier molecular flexibility index (Phi) is 13.2. The normalized spacial score (nSPS) is 19.1. The van der Waals surface area contributed by atoms with Crippen LogP contribution >= 0.6 is 11.3 Å². The summed E-state index contributed by atoms with van der Waals surface area (Å²) in [7, 11) is 0. The van der Waals surface area contributed by atoms with Crippen LogP contribution in [0.25, 0.3) is 0 Å². The number of carbonyl (C=O) groups is 2. The summed E-state index contributed by atoms with van der Waals surface area (Å²) in [6, 6.07) is 11.3. The number of ether oxygens (including phenoxy) is 1. The fraction of sp³-hybridized carbons (Fsp3) is 0.613. The standard InChI is InChI=1S/C31H45NO8S/c1-3-5-6-10-25(34)20-11-13-22(14-12-20)32-21(15-18-28(32)36)8-7-9-23-16-17-27(41-23)31(39)40-19-26(35)30(38)29(37)24(33)4-2/h11-14,16-17,21,24-26,29-30,33-35,37-38H,3-10,15,18-19H2,1-2H3/t21-,24-,25-,26-,29+,30+/m0/s1. The van der Waals surface area contributed by atoms with E-state index < -0.39 is 43.1 Å². The lowest BCUT2D eigenvalue weighted by atomic mass is 10.0. The smallest absolute Gasteiger partial charge is 0.348 e. The Morgan fingerprint density at radius 1 is 0.976 bits per heavy atom. The molecule has 2 heterocycles. The van der Waals surface area contributed by atoms with Gasteiger partial charge in [0.05, 0.1) is 12.2 Å². The van der Waals surface area contributed by atoms with Crippen LogP contribution in [0, 0.1) is 0 Å². The van der Waals surface area contributed by atoms with Crippen LogP contribution in [0.4, 0.5) is 5.69 Å². The van der Waals surface area contributed by atoms with E-state index in [4.69, 9.17) is 4.74 Å². The molecule has 0 radical (unpaired) electrons. The molecule has 0 unspecified atom stereocenters. The van der Waals surface area contributed by atoms with Crippen molar-refractivity contribution in [3.63, 3.8) is 0 Å². The van der Waals surface area contributed by atoms with Crippen LogP contribution in [0.2, 0.25) is 0 Å².